The first-order valence-electron chi connectivity index (χ1n) is 6.15. The molecule has 0 atom stereocenters. The zero-order chi connectivity index (χ0) is 13.3. The number of hydrogen-bond acceptors (Lipinski definition) is 3. The average molecular weight is 264 g/mol. The monoisotopic (exact) mass is 264 g/mol. The van der Waals surface area contributed by atoms with E-state index in [4.69, 9.17) is 0 Å². The Kier molecular flexibility index (Phi) is 8.16. The second-order valence-corrected chi connectivity index (χ2v) is 6.00. The summed E-state index contributed by atoms with van der Waals surface area (Å²) in [5.41, 5.74) is 0. The van der Waals surface area contributed by atoms with Crippen molar-refractivity contribution in [2.75, 3.05) is 25.4 Å². The van der Waals surface area contributed by atoms with E-state index in [1.165, 1.54) is 6.92 Å². The quantitative estimate of drug-likeness (QED) is 0.674. The maximum atomic E-state index is 11.5. The minimum absolute atomic E-state index is 0.0143. The molecular formula is C11H24N2O3S. The molecule has 6 heteroatoms. The first-order chi connectivity index (χ1) is 7.93. The average Bonchev–Trinajstić information content (AvgIpc) is 2.25. The van der Waals surface area contributed by atoms with Gasteiger partial charge in [-0.25, -0.2) is 13.1 Å². The molecule has 5 nitrogen and oxygen atoms in total. The van der Waals surface area contributed by atoms with Crippen LogP contribution in [-0.2, 0) is 14.8 Å². The Morgan fingerprint density at radius 2 is 1.82 bits per heavy atom. The van der Waals surface area contributed by atoms with Crippen LogP contribution >= 0.6 is 0 Å². The van der Waals surface area contributed by atoms with E-state index in [1.54, 1.807) is 4.90 Å². The molecule has 0 aliphatic carbocycles. The lowest BCUT2D eigenvalue weighted by molar-refractivity contribution is -0.128. The predicted molar refractivity (Wildman–Crippen MR) is 69.2 cm³/mol. The summed E-state index contributed by atoms with van der Waals surface area (Å²) in [5, 5.41) is 0. The molecular weight excluding hydrogens is 240 g/mol. The molecule has 0 aliphatic heterocycles. The third-order valence-corrected chi connectivity index (χ3v) is 3.88. The smallest absolute Gasteiger partial charge is 0.219 e. The van der Waals surface area contributed by atoms with Gasteiger partial charge in [-0.1, -0.05) is 20.3 Å². The van der Waals surface area contributed by atoms with Crippen LogP contribution in [0.1, 0.15) is 40.0 Å². The maximum Gasteiger partial charge on any atom is 0.219 e. The number of hydrogen-bond donors (Lipinski definition) is 1. The van der Waals surface area contributed by atoms with E-state index in [-0.39, 0.29) is 11.7 Å². The van der Waals surface area contributed by atoms with Gasteiger partial charge >= 0.3 is 0 Å². The summed E-state index contributed by atoms with van der Waals surface area (Å²) in [4.78, 5) is 12.9. The fourth-order valence-electron chi connectivity index (χ4n) is 1.44. The number of nitrogens with one attached hydrogen (secondary N) is 1. The number of carbonyl (C=O) groups is 1. The Bertz CT molecular complexity index is 315. The molecule has 0 heterocycles. The molecule has 0 fully saturated rings. The minimum atomic E-state index is -3.17. The van der Waals surface area contributed by atoms with Crippen molar-refractivity contribution in [3.8, 4) is 0 Å². The summed E-state index contributed by atoms with van der Waals surface area (Å²) in [6, 6.07) is 0. The highest BCUT2D eigenvalue weighted by Crippen LogP contribution is 1.95. The lowest BCUT2D eigenvalue weighted by Crippen LogP contribution is -2.38. The molecule has 0 saturated carbocycles. The van der Waals surface area contributed by atoms with Gasteiger partial charge in [0, 0.05) is 26.6 Å². The van der Waals surface area contributed by atoms with Gasteiger partial charge in [0.15, 0.2) is 0 Å². The van der Waals surface area contributed by atoms with Crippen molar-refractivity contribution in [1.82, 2.24) is 9.62 Å². The van der Waals surface area contributed by atoms with Gasteiger partial charge in [0.05, 0.1) is 5.75 Å². The van der Waals surface area contributed by atoms with Crippen molar-refractivity contribution in [1.29, 1.82) is 0 Å². The molecule has 0 unspecified atom stereocenters. The number of rotatable bonds is 9. The van der Waals surface area contributed by atoms with Crippen LogP contribution in [0.3, 0.4) is 0 Å². The Morgan fingerprint density at radius 3 is 2.29 bits per heavy atom. The number of sulfonamides is 1. The molecule has 17 heavy (non-hydrogen) atoms. The number of carbonyl (C=O) groups excluding carboxylic acids is 1. The largest absolute Gasteiger partial charge is 0.342 e. The molecule has 102 valence electrons. The topological polar surface area (TPSA) is 66.5 Å². The number of amides is 1. The van der Waals surface area contributed by atoms with Crippen LogP contribution in [-0.4, -0.2) is 44.6 Å². The molecule has 1 amide bonds. The van der Waals surface area contributed by atoms with E-state index in [2.05, 4.69) is 4.72 Å². The summed E-state index contributed by atoms with van der Waals surface area (Å²) in [7, 11) is -3.17. The van der Waals surface area contributed by atoms with Crippen molar-refractivity contribution >= 4 is 15.9 Å². The van der Waals surface area contributed by atoms with E-state index in [0.717, 1.165) is 12.8 Å². The highest BCUT2D eigenvalue weighted by Gasteiger charge is 2.11. The van der Waals surface area contributed by atoms with E-state index >= 15 is 0 Å². The van der Waals surface area contributed by atoms with Crippen molar-refractivity contribution < 1.29 is 13.2 Å². The Labute approximate surface area is 105 Å². The summed E-state index contributed by atoms with van der Waals surface area (Å²) < 4.78 is 25.5. The van der Waals surface area contributed by atoms with Gasteiger partial charge in [0.1, 0.15) is 0 Å². The van der Waals surface area contributed by atoms with Crippen LogP contribution in [0.4, 0.5) is 0 Å². The fourth-order valence-corrected chi connectivity index (χ4v) is 2.65. The van der Waals surface area contributed by atoms with Gasteiger partial charge in [0.25, 0.3) is 0 Å². The zero-order valence-electron chi connectivity index (χ0n) is 11.0. The summed E-state index contributed by atoms with van der Waals surface area (Å²) in [6.45, 7) is 6.85. The van der Waals surface area contributed by atoms with E-state index in [9.17, 15) is 13.2 Å². The Balaban J connectivity index is 3.99. The van der Waals surface area contributed by atoms with Crippen LogP contribution in [0, 0.1) is 0 Å². The van der Waals surface area contributed by atoms with Crippen LogP contribution in [0.15, 0.2) is 0 Å². The van der Waals surface area contributed by atoms with Gasteiger partial charge in [-0.15, -0.1) is 0 Å². The van der Waals surface area contributed by atoms with Gasteiger partial charge in [-0.2, -0.15) is 0 Å². The molecule has 0 aliphatic rings. The maximum absolute atomic E-state index is 11.5. The second kappa shape index (κ2) is 8.47. The standard InChI is InChI=1S/C11H24N2O3S/c1-4-6-10-17(15,16)12-7-9-13(8-5-2)11(3)14/h12H,4-10H2,1-3H3. The fraction of sp³-hybridized carbons (Fsp3) is 0.909. The van der Waals surface area contributed by atoms with Crippen molar-refractivity contribution in [2.45, 2.75) is 40.0 Å². The minimum Gasteiger partial charge on any atom is -0.342 e. The van der Waals surface area contributed by atoms with Crippen molar-refractivity contribution in [3.63, 3.8) is 0 Å². The van der Waals surface area contributed by atoms with Gasteiger partial charge in [-0.05, 0) is 12.8 Å². The zero-order valence-corrected chi connectivity index (χ0v) is 11.8. The molecule has 0 saturated heterocycles. The van der Waals surface area contributed by atoms with Crippen LogP contribution < -0.4 is 4.72 Å². The molecule has 0 aromatic rings. The van der Waals surface area contributed by atoms with Gasteiger partial charge in [0.2, 0.25) is 15.9 Å². The third kappa shape index (κ3) is 8.15. The normalized spacial score (nSPS) is 11.5. The summed E-state index contributed by atoms with van der Waals surface area (Å²) >= 11 is 0. The first kappa shape index (κ1) is 16.4. The molecule has 0 rings (SSSR count). The SMILES string of the molecule is CCCCS(=O)(=O)NCCN(CCC)C(C)=O. The molecule has 0 aromatic carbocycles. The Hall–Kier alpha value is -0.620. The molecule has 1 N–H and O–H groups in total. The van der Waals surface area contributed by atoms with Gasteiger partial charge in [-0.3, -0.25) is 4.79 Å². The van der Waals surface area contributed by atoms with E-state index < -0.39 is 10.0 Å². The van der Waals surface area contributed by atoms with Crippen LogP contribution in [0.5, 0.6) is 0 Å². The molecule has 0 spiro atoms. The molecule has 0 bridgehead atoms. The van der Waals surface area contributed by atoms with E-state index in [0.29, 0.717) is 26.1 Å². The van der Waals surface area contributed by atoms with Crippen LogP contribution in [0.25, 0.3) is 0 Å². The second-order valence-electron chi connectivity index (χ2n) is 4.07. The molecule has 0 radical (unpaired) electrons. The highest BCUT2D eigenvalue weighted by molar-refractivity contribution is 7.89. The Morgan fingerprint density at radius 1 is 1.18 bits per heavy atom. The number of unbranched alkanes of at least 4 members (excludes halogenated alkanes) is 1. The van der Waals surface area contributed by atoms with Crippen LogP contribution in [0.2, 0.25) is 0 Å². The number of nitrogens with zero attached hydrogens (tertiary/aromatic N) is 1. The molecule has 0 aromatic heterocycles. The lowest BCUT2D eigenvalue weighted by Gasteiger charge is -2.20. The predicted octanol–water partition coefficient (Wildman–Crippen LogP) is 0.964. The third-order valence-electron chi connectivity index (χ3n) is 2.41. The highest BCUT2D eigenvalue weighted by atomic mass is 32.2. The lowest BCUT2D eigenvalue weighted by atomic mass is 10.4. The first-order valence-corrected chi connectivity index (χ1v) is 7.81. The van der Waals surface area contributed by atoms with Crippen molar-refractivity contribution in [2.24, 2.45) is 0 Å². The summed E-state index contributed by atoms with van der Waals surface area (Å²) in [5.74, 6) is 0.150. The summed E-state index contributed by atoms with van der Waals surface area (Å²) in [6.07, 6.45) is 2.40. The van der Waals surface area contributed by atoms with E-state index in [1.807, 2.05) is 13.8 Å². The van der Waals surface area contributed by atoms with Crippen molar-refractivity contribution in [3.05, 3.63) is 0 Å². The van der Waals surface area contributed by atoms with Gasteiger partial charge < -0.3 is 4.90 Å².